The number of piperidine rings is 1. The molecule has 196 valence electrons. The molecule has 0 radical (unpaired) electrons. The second-order valence-corrected chi connectivity index (χ2v) is 10.8. The molecule has 0 aromatic heterocycles. The van der Waals surface area contributed by atoms with E-state index in [4.69, 9.17) is 0 Å². The number of halogens is 1. The summed E-state index contributed by atoms with van der Waals surface area (Å²) in [6.45, 7) is 3.17. The Bertz CT molecular complexity index is 1310. The smallest absolute Gasteiger partial charge is 0.255 e. The maximum absolute atomic E-state index is 14.0. The number of benzene rings is 3. The summed E-state index contributed by atoms with van der Waals surface area (Å²) in [6, 6.07) is 26.9. The fourth-order valence-electron chi connectivity index (χ4n) is 5.49. The standard InChI is InChI=1S/C30H31BrN4O3/c1-22(23-10-4-2-5-11-23)32-27(36)20-34-21-35(24-12-6-3-7-13-24)30(29(34)38)16-18-33(19-17-30)28(37)25-14-8-9-15-26(25)31/h2-15,22H,16-21H2,1H3,(H,32,36). The molecular weight excluding hydrogens is 544 g/mol. The van der Waals surface area contributed by atoms with E-state index in [0.717, 1.165) is 15.7 Å². The topological polar surface area (TPSA) is 73.0 Å². The minimum atomic E-state index is -0.794. The number of likely N-dealkylation sites (tertiary alicyclic amines) is 1. The Morgan fingerprint density at radius 2 is 1.53 bits per heavy atom. The van der Waals surface area contributed by atoms with E-state index in [1.807, 2.05) is 96.8 Å². The van der Waals surface area contributed by atoms with Crippen LogP contribution in [0.25, 0.3) is 0 Å². The first-order chi connectivity index (χ1) is 18.4. The molecule has 0 saturated carbocycles. The van der Waals surface area contributed by atoms with Crippen molar-refractivity contribution in [2.45, 2.75) is 31.3 Å². The maximum Gasteiger partial charge on any atom is 0.255 e. The van der Waals surface area contributed by atoms with Gasteiger partial charge >= 0.3 is 0 Å². The van der Waals surface area contributed by atoms with E-state index in [0.29, 0.717) is 38.2 Å². The summed E-state index contributed by atoms with van der Waals surface area (Å²) in [5.74, 6) is -0.298. The minimum absolute atomic E-state index is 0.0132. The van der Waals surface area contributed by atoms with Crippen molar-refractivity contribution in [2.75, 3.05) is 31.2 Å². The molecule has 7 nitrogen and oxygen atoms in total. The number of amides is 3. The van der Waals surface area contributed by atoms with Crippen LogP contribution >= 0.6 is 15.9 Å². The van der Waals surface area contributed by atoms with E-state index in [1.165, 1.54) is 0 Å². The molecule has 2 aliphatic rings. The Balaban J connectivity index is 1.32. The van der Waals surface area contributed by atoms with E-state index < -0.39 is 5.54 Å². The SMILES string of the molecule is CC(NC(=O)CN1CN(c2ccccc2)C2(CCN(C(=O)c3ccccc3Br)CC2)C1=O)c1ccccc1. The van der Waals surface area contributed by atoms with Crippen LogP contribution in [0.15, 0.2) is 89.4 Å². The lowest BCUT2D eigenvalue weighted by molar-refractivity contribution is -0.137. The molecule has 1 N–H and O–H groups in total. The van der Waals surface area contributed by atoms with Gasteiger partial charge in [-0.1, -0.05) is 60.7 Å². The Morgan fingerprint density at radius 1 is 0.921 bits per heavy atom. The summed E-state index contributed by atoms with van der Waals surface area (Å²) in [5.41, 5.74) is 1.77. The molecule has 2 saturated heterocycles. The van der Waals surface area contributed by atoms with Crippen molar-refractivity contribution in [3.8, 4) is 0 Å². The van der Waals surface area contributed by atoms with Crippen LogP contribution in [0.5, 0.6) is 0 Å². The third-order valence-corrected chi connectivity index (χ3v) is 8.27. The van der Waals surface area contributed by atoms with Crippen molar-refractivity contribution in [3.05, 3.63) is 101 Å². The lowest BCUT2D eigenvalue weighted by Crippen LogP contribution is -2.57. The fraction of sp³-hybridized carbons (Fsp3) is 0.300. The van der Waals surface area contributed by atoms with Gasteiger partial charge in [-0.2, -0.15) is 0 Å². The number of para-hydroxylation sites is 1. The normalized spacial score (nSPS) is 17.5. The van der Waals surface area contributed by atoms with Gasteiger partial charge in [0, 0.05) is 23.2 Å². The molecule has 2 heterocycles. The number of nitrogens with one attached hydrogen (secondary N) is 1. The van der Waals surface area contributed by atoms with E-state index in [-0.39, 0.29) is 30.3 Å². The Kier molecular flexibility index (Phi) is 7.51. The van der Waals surface area contributed by atoms with Gasteiger partial charge in [0.1, 0.15) is 12.1 Å². The van der Waals surface area contributed by atoms with Crippen molar-refractivity contribution in [1.82, 2.24) is 15.1 Å². The van der Waals surface area contributed by atoms with Crippen LogP contribution in [0.1, 0.15) is 41.7 Å². The van der Waals surface area contributed by atoms with Gasteiger partial charge in [-0.05, 0) is 65.5 Å². The van der Waals surface area contributed by atoms with E-state index in [9.17, 15) is 14.4 Å². The van der Waals surface area contributed by atoms with Crippen LogP contribution in [-0.2, 0) is 9.59 Å². The highest BCUT2D eigenvalue weighted by Gasteiger charge is 2.54. The summed E-state index contributed by atoms with van der Waals surface area (Å²) < 4.78 is 0.759. The first-order valence-corrected chi connectivity index (χ1v) is 13.7. The molecule has 3 amide bonds. The van der Waals surface area contributed by atoms with Crippen molar-refractivity contribution in [2.24, 2.45) is 0 Å². The van der Waals surface area contributed by atoms with Gasteiger partial charge in [0.25, 0.3) is 11.8 Å². The van der Waals surface area contributed by atoms with Gasteiger partial charge in [-0.25, -0.2) is 0 Å². The molecule has 0 aliphatic carbocycles. The Morgan fingerprint density at radius 3 is 2.18 bits per heavy atom. The van der Waals surface area contributed by atoms with E-state index in [1.54, 1.807) is 4.90 Å². The molecule has 2 fully saturated rings. The zero-order valence-corrected chi connectivity index (χ0v) is 22.9. The zero-order chi connectivity index (χ0) is 26.7. The number of carbonyl (C=O) groups is 3. The number of hydrogen-bond donors (Lipinski definition) is 1. The molecule has 1 atom stereocenters. The lowest BCUT2D eigenvalue weighted by atomic mass is 9.85. The average Bonchev–Trinajstić information content (AvgIpc) is 3.20. The Hall–Kier alpha value is -3.65. The summed E-state index contributed by atoms with van der Waals surface area (Å²) >= 11 is 3.48. The summed E-state index contributed by atoms with van der Waals surface area (Å²) in [6.07, 6.45) is 0.991. The van der Waals surface area contributed by atoms with Crippen molar-refractivity contribution in [3.63, 3.8) is 0 Å². The Labute approximate surface area is 231 Å². The number of nitrogens with zero attached hydrogens (tertiary/aromatic N) is 3. The first kappa shape index (κ1) is 26.0. The van der Waals surface area contributed by atoms with Crippen LogP contribution in [-0.4, -0.2) is 59.4 Å². The molecule has 38 heavy (non-hydrogen) atoms. The van der Waals surface area contributed by atoms with Gasteiger partial charge in [0.15, 0.2) is 0 Å². The predicted molar refractivity (Wildman–Crippen MR) is 151 cm³/mol. The predicted octanol–water partition coefficient (Wildman–Crippen LogP) is 4.61. The molecule has 8 heteroatoms. The second-order valence-electron chi connectivity index (χ2n) is 9.91. The highest BCUT2D eigenvalue weighted by molar-refractivity contribution is 9.10. The first-order valence-electron chi connectivity index (χ1n) is 12.9. The van der Waals surface area contributed by atoms with Gasteiger partial charge in [0.05, 0.1) is 18.3 Å². The average molecular weight is 576 g/mol. The van der Waals surface area contributed by atoms with Crippen LogP contribution < -0.4 is 10.2 Å². The summed E-state index contributed by atoms with van der Waals surface area (Å²) in [5, 5.41) is 3.03. The third kappa shape index (κ3) is 5.05. The number of rotatable bonds is 6. The zero-order valence-electron chi connectivity index (χ0n) is 21.3. The fourth-order valence-corrected chi connectivity index (χ4v) is 5.95. The van der Waals surface area contributed by atoms with E-state index in [2.05, 4.69) is 26.1 Å². The molecule has 1 spiro atoms. The van der Waals surface area contributed by atoms with Crippen molar-refractivity contribution < 1.29 is 14.4 Å². The second kappa shape index (κ2) is 11.0. The molecule has 3 aromatic carbocycles. The largest absolute Gasteiger partial charge is 0.348 e. The minimum Gasteiger partial charge on any atom is -0.348 e. The molecular formula is C30H31BrN4O3. The van der Waals surface area contributed by atoms with Gasteiger partial charge in [-0.3, -0.25) is 14.4 Å². The highest BCUT2D eigenvalue weighted by Crippen LogP contribution is 2.40. The van der Waals surface area contributed by atoms with Crippen LogP contribution in [0, 0.1) is 0 Å². The quantitative estimate of drug-likeness (QED) is 0.466. The highest BCUT2D eigenvalue weighted by atomic mass is 79.9. The van der Waals surface area contributed by atoms with Crippen LogP contribution in [0.4, 0.5) is 5.69 Å². The van der Waals surface area contributed by atoms with E-state index >= 15 is 0 Å². The monoisotopic (exact) mass is 574 g/mol. The van der Waals surface area contributed by atoms with Gasteiger partial charge < -0.3 is 20.0 Å². The maximum atomic E-state index is 14.0. The summed E-state index contributed by atoms with van der Waals surface area (Å²) in [4.78, 5) is 45.7. The van der Waals surface area contributed by atoms with Crippen LogP contribution in [0.2, 0.25) is 0 Å². The van der Waals surface area contributed by atoms with Crippen molar-refractivity contribution in [1.29, 1.82) is 0 Å². The molecule has 3 aromatic rings. The molecule has 5 rings (SSSR count). The number of hydrogen-bond acceptors (Lipinski definition) is 4. The third-order valence-electron chi connectivity index (χ3n) is 7.58. The molecule has 0 bridgehead atoms. The van der Waals surface area contributed by atoms with Gasteiger partial charge in [0.2, 0.25) is 5.91 Å². The van der Waals surface area contributed by atoms with Crippen molar-refractivity contribution >= 4 is 39.3 Å². The molecule has 2 aliphatic heterocycles. The van der Waals surface area contributed by atoms with Gasteiger partial charge in [-0.15, -0.1) is 0 Å². The lowest BCUT2D eigenvalue weighted by Gasteiger charge is -2.43. The number of anilines is 1. The summed E-state index contributed by atoms with van der Waals surface area (Å²) in [7, 11) is 0. The number of carbonyl (C=O) groups excluding carboxylic acids is 3. The molecule has 1 unspecified atom stereocenters. The van der Waals surface area contributed by atoms with Crippen LogP contribution in [0.3, 0.4) is 0 Å².